The number of nitrogens with zero attached hydrogens (tertiary/aromatic N) is 1. The van der Waals surface area contributed by atoms with E-state index in [2.05, 4.69) is 40.2 Å². The molecule has 5 rings (SSSR count). The first-order valence-corrected chi connectivity index (χ1v) is 11.8. The molecule has 1 saturated heterocycles. The molecule has 1 unspecified atom stereocenters. The largest absolute Gasteiger partial charge is 0.481 e. The molecular weight excluding hydrogens is 482 g/mol. The highest BCUT2D eigenvalue weighted by atomic mass is 79.9. The number of benzene rings is 3. The summed E-state index contributed by atoms with van der Waals surface area (Å²) in [6.07, 6.45) is 0.175. The monoisotopic (exact) mass is 505 g/mol. The van der Waals surface area contributed by atoms with Crippen LogP contribution in [0.3, 0.4) is 0 Å². The molecule has 5 nitrogen and oxygen atoms in total. The van der Waals surface area contributed by atoms with Crippen LogP contribution in [0.15, 0.2) is 77.3 Å². The van der Waals surface area contributed by atoms with Crippen molar-refractivity contribution in [2.45, 2.75) is 24.2 Å². The second-order valence-electron chi connectivity index (χ2n) is 8.83. The van der Waals surface area contributed by atoms with E-state index in [0.29, 0.717) is 19.5 Å². The van der Waals surface area contributed by atoms with E-state index in [9.17, 15) is 14.7 Å². The predicted molar refractivity (Wildman–Crippen MR) is 129 cm³/mol. The topological polar surface area (TPSA) is 66.8 Å². The highest BCUT2D eigenvalue weighted by molar-refractivity contribution is 9.10. The minimum Gasteiger partial charge on any atom is -0.481 e. The lowest BCUT2D eigenvalue weighted by molar-refractivity contribution is -0.138. The molecule has 0 bridgehead atoms. The van der Waals surface area contributed by atoms with Gasteiger partial charge in [-0.25, -0.2) is 4.79 Å². The van der Waals surface area contributed by atoms with Gasteiger partial charge in [-0.1, -0.05) is 76.6 Å². The van der Waals surface area contributed by atoms with Gasteiger partial charge in [-0.3, -0.25) is 4.79 Å². The van der Waals surface area contributed by atoms with Crippen LogP contribution in [0.1, 0.15) is 35.4 Å². The molecule has 0 aromatic heterocycles. The molecule has 1 N–H and O–H groups in total. The summed E-state index contributed by atoms with van der Waals surface area (Å²) in [4.78, 5) is 26.4. The van der Waals surface area contributed by atoms with Gasteiger partial charge in [-0.05, 0) is 46.4 Å². The summed E-state index contributed by atoms with van der Waals surface area (Å²) in [5.41, 5.74) is 5.03. The van der Waals surface area contributed by atoms with Crippen LogP contribution in [0.25, 0.3) is 11.1 Å². The molecule has 1 amide bonds. The van der Waals surface area contributed by atoms with Crippen molar-refractivity contribution in [3.63, 3.8) is 0 Å². The van der Waals surface area contributed by atoms with Crippen LogP contribution in [-0.4, -0.2) is 41.8 Å². The van der Waals surface area contributed by atoms with Crippen molar-refractivity contribution in [2.24, 2.45) is 0 Å². The van der Waals surface area contributed by atoms with Crippen molar-refractivity contribution in [2.75, 3.05) is 19.7 Å². The van der Waals surface area contributed by atoms with E-state index in [1.165, 1.54) is 22.3 Å². The molecule has 1 atom stereocenters. The molecule has 1 aliphatic heterocycles. The maximum Gasteiger partial charge on any atom is 0.409 e. The van der Waals surface area contributed by atoms with Gasteiger partial charge in [0.05, 0.1) is 6.42 Å². The van der Waals surface area contributed by atoms with Gasteiger partial charge in [0.15, 0.2) is 0 Å². The maximum absolute atomic E-state index is 13.0. The zero-order valence-electron chi connectivity index (χ0n) is 18.0. The van der Waals surface area contributed by atoms with E-state index < -0.39 is 11.4 Å². The van der Waals surface area contributed by atoms with Gasteiger partial charge < -0.3 is 14.7 Å². The molecule has 0 saturated carbocycles. The Morgan fingerprint density at radius 3 is 2.18 bits per heavy atom. The molecular formula is C27H24BrNO4. The molecule has 0 radical (unpaired) electrons. The highest BCUT2D eigenvalue weighted by Gasteiger charge is 2.43. The van der Waals surface area contributed by atoms with Crippen molar-refractivity contribution in [1.29, 1.82) is 0 Å². The number of halogens is 1. The molecule has 168 valence electrons. The van der Waals surface area contributed by atoms with Gasteiger partial charge in [0.25, 0.3) is 0 Å². The zero-order valence-corrected chi connectivity index (χ0v) is 19.6. The summed E-state index contributed by atoms with van der Waals surface area (Å²) in [7, 11) is 0. The lowest BCUT2D eigenvalue weighted by Crippen LogP contribution is -2.36. The Morgan fingerprint density at radius 2 is 1.58 bits per heavy atom. The van der Waals surface area contributed by atoms with E-state index in [1.807, 2.05) is 48.5 Å². The number of carbonyl (C=O) groups excluding carboxylic acids is 1. The van der Waals surface area contributed by atoms with Crippen LogP contribution in [0, 0.1) is 0 Å². The Balaban J connectivity index is 1.32. The number of hydrogen-bond acceptors (Lipinski definition) is 3. The number of hydrogen-bond donors (Lipinski definition) is 1. The number of rotatable bonds is 5. The molecule has 1 aliphatic carbocycles. The molecule has 2 aliphatic rings. The smallest absolute Gasteiger partial charge is 0.409 e. The molecule has 33 heavy (non-hydrogen) atoms. The zero-order chi connectivity index (χ0) is 23.0. The fraction of sp³-hybridized carbons (Fsp3) is 0.259. The van der Waals surface area contributed by atoms with Crippen LogP contribution in [0.4, 0.5) is 4.79 Å². The third-order valence-corrected chi connectivity index (χ3v) is 7.42. The van der Waals surface area contributed by atoms with Crippen LogP contribution in [-0.2, 0) is 14.9 Å². The number of likely N-dealkylation sites (tertiary alicyclic amines) is 1. The van der Waals surface area contributed by atoms with Gasteiger partial charge in [0.1, 0.15) is 6.61 Å². The number of amides is 1. The minimum atomic E-state index is -0.868. The van der Waals surface area contributed by atoms with Crippen LogP contribution < -0.4 is 0 Å². The normalized spacial score (nSPS) is 19.2. The predicted octanol–water partition coefficient (Wildman–Crippen LogP) is 5.82. The summed E-state index contributed by atoms with van der Waals surface area (Å²) in [6, 6.07) is 24.2. The first-order valence-electron chi connectivity index (χ1n) is 11.0. The Bertz CT molecular complexity index is 1160. The Labute approximate surface area is 201 Å². The van der Waals surface area contributed by atoms with Gasteiger partial charge in [-0.15, -0.1) is 0 Å². The average molecular weight is 506 g/mol. The third-order valence-electron chi connectivity index (χ3n) is 6.89. The van der Waals surface area contributed by atoms with E-state index in [-0.39, 0.29) is 25.0 Å². The lowest BCUT2D eigenvalue weighted by atomic mass is 9.77. The number of carboxylic acids is 1. The molecule has 3 aromatic carbocycles. The van der Waals surface area contributed by atoms with Crippen LogP contribution >= 0.6 is 15.9 Å². The van der Waals surface area contributed by atoms with Crippen molar-refractivity contribution in [1.82, 2.24) is 4.90 Å². The first-order chi connectivity index (χ1) is 16.0. The lowest BCUT2D eigenvalue weighted by Gasteiger charge is -2.28. The quantitative estimate of drug-likeness (QED) is 0.474. The van der Waals surface area contributed by atoms with Gasteiger partial charge >= 0.3 is 12.1 Å². The van der Waals surface area contributed by atoms with E-state index in [0.717, 1.165) is 10.0 Å². The summed E-state index contributed by atoms with van der Waals surface area (Å²) >= 11 is 3.43. The number of ether oxygens (including phenoxy) is 1. The van der Waals surface area contributed by atoms with Crippen LogP contribution in [0.5, 0.6) is 0 Å². The maximum atomic E-state index is 13.0. The summed E-state index contributed by atoms with van der Waals surface area (Å²) in [6.45, 7) is 1.06. The Hall–Kier alpha value is -3.12. The first kappa shape index (κ1) is 21.7. The van der Waals surface area contributed by atoms with Crippen molar-refractivity contribution < 1.29 is 19.4 Å². The second-order valence-corrected chi connectivity index (χ2v) is 9.75. The Kier molecular flexibility index (Phi) is 5.71. The Morgan fingerprint density at radius 1 is 0.970 bits per heavy atom. The van der Waals surface area contributed by atoms with Gasteiger partial charge in [-0.2, -0.15) is 0 Å². The molecule has 3 aromatic rings. The fourth-order valence-electron chi connectivity index (χ4n) is 5.29. The average Bonchev–Trinajstić information content (AvgIpc) is 3.38. The number of carbonyl (C=O) groups is 2. The van der Waals surface area contributed by atoms with Crippen LogP contribution in [0.2, 0.25) is 0 Å². The standard InChI is InChI=1S/C27H24BrNO4/c28-19-11-9-18(10-12-19)27(15-25(30)31)13-14-29(17-27)26(32)33-16-24-22-7-3-1-5-20(22)21-6-2-4-8-23(21)24/h1-12,24H,13-17H2,(H,30,31). The number of fused-ring (bicyclic) bond motifs is 3. The van der Waals surface area contributed by atoms with Crippen molar-refractivity contribution in [3.8, 4) is 11.1 Å². The molecule has 1 heterocycles. The number of aliphatic carboxylic acids is 1. The van der Waals surface area contributed by atoms with Gasteiger partial charge in [0, 0.05) is 28.9 Å². The molecule has 1 fully saturated rings. The summed E-state index contributed by atoms with van der Waals surface area (Å²) in [5.74, 6) is -0.869. The van der Waals surface area contributed by atoms with Gasteiger partial charge in [0.2, 0.25) is 0 Å². The third kappa shape index (κ3) is 4.04. The fourth-order valence-corrected chi connectivity index (χ4v) is 5.55. The molecule has 6 heteroatoms. The SMILES string of the molecule is O=C(O)CC1(c2ccc(Br)cc2)CCN(C(=O)OCC2c3ccccc3-c3ccccc32)C1. The number of carboxylic acid groups (broad SMARTS) is 1. The minimum absolute atomic E-state index is 0.000738. The highest BCUT2D eigenvalue weighted by Crippen LogP contribution is 2.45. The summed E-state index contributed by atoms with van der Waals surface area (Å²) in [5, 5.41) is 9.57. The van der Waals surface area contributed by atoms with E-state index in [1.54, 1.807) is 4.90 Å². The summed E-state index contributed by atoms with van der Waals surface area (Å²) < 4.78 is 6.74. The van der Waals surface area contributed by atoms with Crippen molar-refractivity contribution in [3.05, 3.63) is 94.0 Å². The van der Waals surface area contributed by atoms with E-state index >= 15 is 0 Å². The van der Waals surface area contributed by atoms with E-state index in [4.69, 9.17) is 4.74 Å². The second kappa shape index (κ2) is 8.67. The van der Waals surface area contributed by atoms with Crippen molar-refractivity contribution >= 4 is 28.0 Å². The molecule has 0 spiro atoms.